The molecule has 0 fully saturated rings. The Kier molecular flexibility index (Phi) is 2.87. The molecule has 5 nitrogen and oxygen atoms in total. The average molecular weight is 255 g/mol. The molecule has 1 aromatic carbocycles. The fourth-order valence-electron chi connectivity index (χ4n) is 2.15. The van der Waals surface area contributed by atoms with Crippen molar-refractivity contribution in [3.63, 3.8) is 0 Å². The lowest BCUT2D eigenvalue weighted by Gasteiger charge is -2.00. The van der Waals surface area contributed by atoms with Gasteiger partial charge in [0.1, 0.15) is 0 Å². The maximum Gasteiger partial charge on any atom is 0.226 e. The smallest absolute Gasteiger partial charge is 0.226 e. The Balaban J connectivity index is 2.02. The number of hydrogen-bond donors (Lipinski definition) is 0. The van der Waals surface area contributed by atoms with Crippen LogP contribution in [0.4, 0.5) is 0 Å². The molecule has 0 N–H and O–H groups in total. The highest BCUT2D eigenvalue weighted by molar-refractivity contribution is 5.97. The second-order valence-electron chi connectivity index (χ2n) is 4.31. The zero-order valence-corrected chi connectivity index (χ0v) is 10.5. The topological polar surface area (TPSA) is 60.9 Å². The zero-order valence-electron chi connectivity index (χ0n) is 10.5. The number of hydrogen-bond acceptors (Lipinski definition) is 4. The van der Waals surface area contributed by atoms with Gasteiger partial charge >= 0.3 is 0 Å². The van der Waals surface area contributed by atoms with E-state index in [1.165, 1.54) is 0 Å². The van der Waals surface area contributed by atoms with E-state index in [2.05, 4.69) is 10.1 Å². The Hall–Kier alpha value is -2.43. The second-order valence-corrected chi connectivity index (χ2v) is 4.31. The zero-order chi connectivity index (χ0) is 13.2. The van der Waals surface area contributed by atoms with Gasteiger partial charge in [-0.2, -0.15) is 4.98 Å². The summed E-state index contributed by atoms with van der Waals surface area (Å²) in [6.07, 6.45) is 3.41. The van der Waals surface area contributed by atoms with Crippen molar-refractivity contribution in [3.05, 3.63) is 47.7 Å². The van der Waals surface area contributed by atoms with Crippen LogP contribution in [-0.2, 0) is 13.0 Å². The number of aldehydes is 1. The van der Waals surface area contributed by atoms with Crippen molar-refractivity contribution in [1.82, 2.24) is 14.7 Å². The number of carbonyl (C=O) groups excluding carboxylic acids is 1. The maximum atomic E-state index is 11.1. The standard InChI is InChI=1S/C14H13N3O2/c1-2-14-15-13(16-19-14)8-17-7-10(9-18)11-5-3-4-6-12(11)17/h3-7,9H,2,8H2,1H3. The monoisotopic (exact) mass is 255 g/mol. The van der Waals surface area contributed by atoms with Crippen molar-refractivity contribution < 1.29 is 9.32 Å². The van der Waals surface area contributed by atoms with Crippen molar-refractivity contribution >= 4 is 17.2 Å². The molecule has 19 heavy (non-hydrogen) atoms. The Morgan fingerprint density at radius 3 is 2.95 bits per heavy atom. The number of benzene rings is 1. The first kappa shape index (κ1) is 11.6. The van der Waals surface area contributed by atoms with E-state index in [1.807, 2.05) is 42.0 Å². The lowest BCUT2D eigenvalue weighted by atomic mass is 10.2. The third-order valence-corrected chi connectivity index (χ3v) is 3.07. The van der Waals surface area contributed by atoms with E-state index < -0.39 is 0 Å². The van der Waals surface area contributed by atoms with E-state index in [4.69, 9.17) is 4.52 Å². The first-order valence-corrected chi connectivity index (χ1v) is 6.16. The number of rotatable bonds is 4. The van der Waals surface area contributed by atoms with Gasteiger partial charge in [-0.1, -0.05) is 30.3 Å². The van der Waals surface area contributed by atoms with Gasteiger partial charge in [0, 0.05) is 29.1 Å². The molecule has 0 saturated carbocycles. The summed E-state index contributed by atoms with van der Waals surface area (Å²) < 4.78 is 7.05. The summed E-state index contributed by atoms with van der Waals surface area (Å²) in [5, 5.41) is 4.87. The Bertz CT molecular complexity index is 727. The number of aromatic nitrogens is 3. The molecular formula is C14H13N3O2. The Morgan fingerprint density at radius 1 is 1.37 bits per heavy atom. The van der Waals surface area contributed by atoms with Crippen LogP contribution in [0.25, 0.3) is 10.9 Å². The molecule has 2 aromatic heterocycles. The molecule has 0 aliphatic rings. The molecule has 0 atom stereocenters. The van der Waals surface area contributed by atoms with Gasteiger partial charge in [0.05, 0.1) is 6.54 Å². The van der Waals surface area contributed by atoms with E-state index in [0.717, 1.165) is 23.6 Å². The first-order valence-electron chi connectivity index (χ1n) is 6.16. The molecule has 2 heterocycles. The number of para-hydroxylation sites is 1. The summed E-state index contributed by atoms with van der Waals surface area (Å²) in [6, 6.07) is 7.77. The van der Waals surface area contributed by atoms with E-state index in [9.17, 15) is 4.79 Å². The molecule has 0 amide bonds. The van der Waals surface area contributed by atoms with Crippen LogP contribution in [0.2, 0.25) is 0 Å². The summed E-state index contributed by atoms with van der Waals surface area (Å²) in [7, 11) is 0. The molecule has 0 unspecified atom stereocenters. The number of aryl methyl sites for hydroxylation is 1. The molecule has 3 aromatic rings. The van der Waals surface area contributed by atoms with Gasteiger partial charge in [-0.05, 0) is 6.07 Å². The largest absolute Gasteiger partial charge is 0.339 e. The van der Waals surface area contributed by atoms with Crippen molar-refractivity contribution in [3.8, 4) is 0 Å². The van der Waals surface area contributed by atoms with E-state index in [-0.39, 0.29) is 0 Å². The lowest BCUT2D eigenvalue weighted by molar-refractivity contribution is 0.112. The van der Waals surface area contributed by atoms with Gasteiger partial charge in [-0.3, -0.25) is 4.79 Å². The highest BCUT2D eigenvalue weighted by Gasteiger charge is 2.10. The summed E-state index contributed by atoms with van der Waals surface area (Å²) >= 11 is 0. The molecule has 5 heteroatoms. The Labute approximate surface area is 109 Å². The summed E-state index contributed by atoms with van der Waals surface area (Å²) in [5.74, 6) is 1.25. The summed E-state index contributed by atoms with van der Waals surface area (Å²) in [5.41, 5.74) is 1.67. The van der Waals surface area contributed by atoms with Crippen LogP contribution in [0, 0.1) is 0 Å². The lowest BCUT2D eigenvalue weighted by Crippen LogP contribution is -2.00. The molecule has 3 rings (SSSR count). The maximum absolute atomic E-state index is 11.1. The van der Waals surface area contributed by atoms with Gasteiger partial charge in [0.2, 0.25) is 5.89 Å². The normalized spacial score (nSPS) is 11.0. The van der Waals surface area contributed by atoms with Crippen molar-refractivity contribution in [2.24, 2.45) is 0 Å². The molecule has 0 spiro atoms. The van der Waals surface area contributed by atoms with E-state index in [1.54, 1.807) is 0 Å². The predicted molar refractivity (Wildman–Crippen MR) is 70.1 cm³/mol. The summed E-state index contributed by atoms with van der Waals surface area (Å²) in [6.45, 7) is 2.46. The fourth-order valence-corrected chi connectivity index (χ4v) is 2.15. The quantitative estimate of drug-likeness (QED) is 0.672. The van der Waals surface area contributed by atoms with Crippen molar-refractivity contribution in [2.75, 3.05) is 0 Å². The number of carbonyl (C=O) groups is 1. The molecule has 0 saturated heterocycles. The van der Waals surface area contributed by atoms with E-state index >= 15 is 0 Å². The Morgan fingerprint density at radius 2 is 2.21 bits per heavy atom. The second kappa shape index (κ2) is 4.68. The minimum atomic E-state index is 0.498. The molecule has 0 aliphatic carbocycles. The van der Waals surface area contributed by atoms with Crippen LogP contribution in [0.15, 0.2) is 35.0 Å². The SMILES string of the molecule is CCc1nc(Cn2cc(C=O)c3ccccc32)no1. The number of nitrogens with zero attached hydrogens (tertiary/aromatic N) is 3. The van der Waals surface area contributed by atoms with Crippen molar-refractivity contribution in [2.45, 2.75) is 19.9 Å². The third-order valence-electron chi connectivity index (χ3n) is 3.07. The highest BCUT2D eigenvalue weighted by Crippen LogP contribution is 2.20. The number of fused-ring (bicyclic) bond motifs is 1. The molecule has 0 bridgehead atoms. The van der Waals surface area contributed by atoms with Crippen LogP contribution >= 0.6 is 0 Å². The van der Waals surface area contributed by atoms with Crippen LogP contribution < -0.4 is 0 Å². The van der Waals surface area contributed by atoms with Crippen molar-refractivity contribution in [1.29, 1.82) is 0 Å². The van der Waals surface area contributed by atoms with Crippen LogP contribution in [0.3, 0.4) is 0 Å². The van der Waals surface area contributed by atoms with Crippen LogP contribution in [0.5, 0.6) is 0 Å². The van der Waals surface area contributed by atoms with Gasteiger partial charge in [-0.25, -0.2) is 0 Å². The van der Waals surface area contributed by atoms with Gasteiger partial charge in [0.15, 0.2) is 12.1 Å². The van der Waals surface area contributed by atoms with E-state index in [0.29, 0.717) is 23.8 Å². The van der Waals surface area contributed by atoms with Gasteiger partial charge in [0.25, 0.3) is 0 Å². The molecule has 0 aliphatic heterocycles. The molecule has 0 radical (unpaired) electrons. The molecular weight excluding hydrogens is 242 g/mol. The minimum absolute atomic E-state index is 0.498. The minimum Gasteiger partial charge on any atom is -0.339 e. The highest BCUT2D eigenvalue weighted by atomic mass is 16.5. The van der Waals surface area contributed by atoms with Crippen LogP contribution in [-0.4, -0.2) is 21.0 Å². The van der Waals surface area contributed by atoms with Gasteiger partial charge < -0.3 is 9.09 Å². The average Bonchev–Trinajstić information content (AvgIpc) is 3.04. The van der Waals surface area contributed by atoms with Crippen LogP contribution in [0.1, 0.15) is 29.0 Å². The summed E-state index contributed by atoms with van der Waals surface area (Å²) in [4.78, 5) is 15.4. The fraction of sp³-hybridized carbons (Fsp3) is 0.214. The van der Waals surface area contributed by atoms with Gasteiger partial charge in [-0.15, -0.1) is 0 Å². The first-order chi connectivity index (χ1) is 9.31. The third kappa shape index (κ3) is 2.03. The molecule has 96 valence electrons. The predicted octanol–water partition coefficient (Wildman–Crippen LogP) is 2.45.